The van der Waals surface area contributed by atoms with E-state index in [1.807, 2.05) is 0 Å². The lowest BCUT2D eigenvalue weighted by atomic mass is 10.1. The third kappa shape index (κ3) is 4.33. The van der Waals surface area contributed by atoms with Gasteiger partial charge < -0.3 is 26.0 Å². The normalized spacial score (nSPS) is 26.5. The number of nitrogens with zero attached hydrogens (tertiary/aromatic N) is 5. The topological polar surface area (TPSA) is 152 Å². The first-order valence-electron chi connectivity index (χ1n) is 10.5. The number of hydrogen-bond donors (Lipinski definition) is 4. The Morgan fingerprint density at radius 2 is 2.06 bits per heavy atom. The number of aliphatic hydroxyl groups excluding tert-OH is 2. The monoisotopic (exact) mass is 429 g/mol. The van der Waals surface area contributed by atoms with E-state index in [-0.39, 0.29) is 11.6 Å². The van der Waals surface area contributed by atoms with Gasteiger partial charge in [-0.1, -0.05) is 12.3 Å². The Morgan fingerprint density at radius 1 is 1.29 bits per heavy atom. The van der Waals surface area contributed by atoms with Gasteiger partial charge in [-0.25, -0.2) is 15.0 Å². The van der Waals surface area contributed by atoms with Gasteiger partial charge >= 0.3 is 0 Å². The van der Waals surface area contributed by atoms with Crippen molar-refractivity contribution in [1.82, 2.24) is 29.7 Å². The number of nitrogen functional groups attached to an aromatic ring is 1. The molecule has 0 unspecified atom stereocenters. The van der Waals surface area contributed by atoms with E-state index in [2.05, 4.69) is 37.0 Å². The lowest BCUT2D eigenvalue weighted by Crippen LogP contribution is -2.42. The van der Waals surface area contributed by atoms with Crippen LogP contribution >= 0.6 is 0 Å². The predicted molar refractivity (Wildman–Crippen MR) is 112 cm³/mol. The summed E-state index contributed by atoms with van der Waals surface area (Å²) >= 11 is 0. The van der Waals surface area contributed by atoms with Crippen molar-refractivity contribution in [3.63, 3.8) is 0 Å². The molecule has 0 spiro atoms. The summed E-state index contributed by atoms with van der Waals surface area (Å²) in [5.41, 5.74) is 6.67. The Morgan fingerprint density at radius 3 is 2.81 bits per heavy atom. The number of nitrogens with one attached hydrogen (secondary N) is 1. The maximum absolute atomic E-state index is 12.1. The van der Waals surface area contributed by atoms with Crippen LogP contribution in [0, 0.1) is 11.8 Å². The van der Waals surface area contributed by atoms with Crippen molar-refractivity contribution in [3.8, 4) is 11.8 Å². The van der Waals surface area contributed by atoms with E-state index >= 15 is 0 Å². The third-order valence-corrected chi connectivity index (χ3v) is 5.52. The molecule has 4 rings (SSSR count). The maximum Gasteiger partial charge on any atom is 0.252 e. The molecular formula is C20H27N7O4. The number of carbonyl (C=O) groups is 1. The summed E-state index contributed by atoms with van der Waals surface area (Å²) in [5.74, 6) is 5.92. The number of imidazole rings is 1. The van der Waals surface area contributed by atoms with Crippen LogP contribution in [0.2, 0.25) is 0 Å². The van der Waals surface area contributed by atoms with Crippen molar-refractivity contribution in [2.24, 2.45) is 0 Å². The summed E-state index contributed by atoms with van der Waals surface area (Å²) < 4.78 is 7.10. The molecule has 0 aromatic carbocycles. The largest absolute Gasteiger partial charge is 0.387 e. The van der Waals surface area contributed by atoms with Crippen LogP contribution in [0.25, 0.3) is 11.2 Å². The van der Waals surface area contributed by atoms with E-state index in [1.165, 1.54) is 30.2 Å². The Kier molecular flexibility index (Phi) is 6.33. The molecule has 2 fully saturated rings. The van der Waals surface area contributed by atoms with E-state index in [1.54, 1.807) is 6.92 Å². The molecule has 11 heteroatoms. The first-order chi connectivity index (χ1) is 15.0. The van der Waals surface area contributed by atoms with Crippen molar-refractivity contribution in [1.29, 1.82) is 0 Å². The summed E-state index contributed by atoms with van der Waals surface area (Å²) in [4.78, 5) is 27.3. The quantitative estimate of drug-likeness (QED) is 0.449. The number of amides is 1. The van der Waals surface area contributed by atoms with Crippen LogP contribution in [0.1, 0.15) is 38.2 Å². The van der Waals surface area contributed by atoms with E-state index in [0.29, 0.717) is 24.3 Å². The Balaban J connectivity index is 1.58. The van der Waals surface area contributed by atoms with Gasteiger partial charge in [0.15, 0.2) is 23.8 Å². The first-order valence-corrected chi connectivity index (χ1v) is 10.5. The zero-order valence-corrected chi connectivity index (χ0v) is 17.4. The Bertz CT molecular complexity index is 1010. The molecule has 4 atom stereocenters. The molecule has 2 aliphatic rings. The second-order valence-electron chi connectivity index (χ2n) is 7.72. The molecular weight excluding hydrogens is 402 g/mol. The Labute approximate surface area is 179 Å². The van der Waals surface area contributed by atoms with Crippen LogP contribution in [0.3, 0.4) is 0 Å². The van der Waals surface area contributed by atoms with Crippen LogP contribution in [-0.2, 0) is 9.53 Å². The van der Waals surface area contributed by atoms with Crippen LogP contribution in [0.4, 0.5) is 5.82 Å². The van der Waals surface area contributed by atoms with E-state index in [0.717, 1.165) is 13.1 Å². The second-order valence-corrected chi connectivity index (χ2v) is 7.72. The van der Waals surface area contributed by atoms with Gasteiger partial charge in [0.1, 0.15) is 17.7 Å². The van der Waals surface area contributed by atoms with Crippen molar-refractivity contribution in [3.05, 3.63) is 12.2 Å². The number of hydrogen-bond acceptors (Lipinski definition) is 9. The molecule has 31 heavy (non-hydrogen) atoms. The smallest absolute Gasteiger partial charge is 0.252 e. The number of carbonyl (C=O) groups excluding carboxylic acids is 1. The second kappa shape index (κ2) is 9.15. The van der Waals surface area contributed by atoms with Crippen LogP contribution in [0.15, 0.2) is 6.33 Å². The number of likely N-dealkylation sites (N-methyl/N-ethyl adjacent to an activating group) is 1. The number of piperidine rings is 1. The fourth-order valence-corrected chi connectivity index (χ4v) is 3.91. The van der Waals surface area contributed by atoms with Crippen molar-refractivity contribution in [2.75, 3.05) is 31.9 Å². The zero-order chi connectivity index (χ0) is 22.0. The molecule has 2 aromatic rings. The molecule has 0 bridgehead atoms. The molecule has 0 saturated carbocycles. The molecule has 0 radical (unpaired) electrons. The number of anilines is 1. The molecule has 4 heterocycles. The fourth-order valence-electron chi connectivity index (χ4n) is 3.91. The maximum atomic E-state index is 12.1. The third-order valence-electron chi connectivity index (χ3n) is 5.52. The van der Waals surface area contributed by atoms with Gasteiger partial charge in [-0.15, -0.1) is 0 Å². The summed E-state index contributed by atoms with van der Waals surface area (Å²) in [6.45, 7) is 4.84. The molecule has 166 valence electrons. The minimum absolute atomic E-state index is 0.152. The summed E-state index contributed by atoms with van der Waals surface area (Å²) in [5, 5.41) is 23.4. The molecule has 1 amide bonds. The molecule has 2 saturated heterocycles. The molecule has 5 N–H and O–H groups in total. The predicted octanol–water partition coefficient (Wildman–Crippen LogP) is -0.999. The summed E-state index contributed by atoms with van der Waals surface area (Å²) in [6.07, 6.45) is 0.00557. The van der Waals surface area contributed by atoms with Gasteiger partial charge in [-0.2, -0.15) is 0 Å². The van der Waals surface area contributed by atoms with Crippen LogP contribution in [-0.4, -0.2) is 85.0 Å². The summed E-state index contributed by atoms with van der Waals surface area (Å²) in [6, 6.07) is 0. The average Bonchev–Trinajstić information content (AvgIpc) is 3.31. The number of ether oxygens (including phenoxy) is 1. The number of fused-ring (bicyclic) bond motifs is 1. The molecule has 2 aromatic heterocycles. The highest BCUT2D eigenvalue weighted by atomic mass is 16.6. The SMILES string of the molecule is CCNC(=O)[C@H]1O[C@@H](n2cnc3c(N)nc(C#CCN4CCCCC4)nc32)[C@H](O)[C@@H]1O. The first kappa shape index (κ1) is 21.5. The average molecular weight is 429 g/mol. The minimum Gasteiger partial charge on any atom is -0.387 e. The van der Waals surface area contributed by atoms with Gasteiger partial charge in [0.2, 0.25) is 5.82 Å². The van der Waals surface area contributed by atoms with E-state index in [4.69, 9.17) is 10.5 Å². The van der Waals surface area contributed by atoms with E-state index < -0.39 is 30.4 Å². The summed E-state index contributed by atoms with van der Waals surface area (Å²) in [7, 11) is 0. The highest BCUT2D eigenvalue weighted by Crippen LogP contribution is 2.32. The van der Waals surface area contributed by atoms with Gasteiger partial charge in [0, 0.05) is 6.54 Å². The lowest BCUT2D eigenvalue weighted by molar-refractivity contribution is -0.137. The number of aromatic nitrogens is 4. The van der Waals surface area contributed by atoms with Crippen molar-refractivity contribution < 1.29 is 19.7 Å². The number of nitrogens with two attached hydrogens (primary N) is 1. The number of aliphatic hydroxyl groups is 2. The van der Waals surface area contributed by atoms with Crippen LogP contribution < -0.4 is 11.1 Å². The van der Waals surface area contributed by atoms with Gasteiger partial charge in [0.25, 0.3) is 5.91 Å². The minimum atomic E-state index is -1.39. The van der Waals surface area contributed by atoms with Gasteiger partial charge in [0.05, 0.1) is 12.9 Å². The standard InChI is InChI=1S/C20H27N7O4/c1-2-22-19(30)16-14(28)15(29)20(31-16)27-11-23-13-17(21)24-12(25-18(13)27)7-6-10-26-8-4-3-5-9-26/h11,14-16,20,28-29H,2-5,8-10H2,1H3,(H,22,30)(H2,21,24,25)/t14-,15+,16-,20+/m0/s1. The van der Waals surface area contributed by atoms with Crippen LogP contribution in [0.5, 0.6) is 0 Å². The number of likely N-dealkylation sites (tertiary alicyclic amines) is 1. The van der Waals surface area contributed by atoms with Crippen molar-refractivity contribution >= 4 is 22.9 Å². The van der Waals surface area contributed by atoms with Gasteiger partial charge in [-0.05, 0) is 38.8 Å². The van der Waals surface area contributed by atoms with Gasteiger partial charge in [-0.3, -0.25) is 14.3 Å². The lowest BCUT2D eigenvalue weighted by Gasteiger charge is -2.23. The van der Waals surface area contributed by atoms with E-state index in [9.17, 15) is 15.0 Å². The Hall–Kier alpha value is -2.78. The molecule has 11 nitrogen and oxygen atoms in total. The number of rotatable bonds is 4. The molecule has 0 aliphatic carbocycles. The highest BCUT2D eigenvalue weighted by Gasteiger charge is 2.47. The highest BCUT2D eigenvalue weighted by molar-refractivity contribution is 5.83. The zero-order valence-electron chi connectivity index (χ0n) is 17.4. The van der Waals surface area contributed by atoms with Crippen molar-refractivity contribution in [2.45, 2.75) is 50.7 Å². The fraction of sp³-hybridized carbons (Fsp3) is 0.600. The molecule has 2 aliphatic heterocycles.